The van der Waals surface area contributed by atoms with Crippen LogP contribution in [0.25, 0.3) is 0 Å². The third kappa shape index (κ3) is 6.30. The zero-order valence-corrected chi connectivity index (χ0v) is 17.0. The molecule has 1 unspecified atom stereocenters. The van der Waals surface area contributed by atoms with E-state index in [4.69, 9.17) is 0 Å². The molecule has 0 aliphatic carbocycles. The van der Waals surface area contributed by atoms with E-state index >= 15 is 0 Å². The second kappa shape index (κ2) is 9.64. The standard InChI is InChI=1S/C20H25F2N3O2S/c1-4-23-20(25-14(2)16-7-10-18(21)19(22)13-16)24-12-11-15-5-8-17(9-6-15)28(3,26)27/h5-10,13-14H,4,11-12H2,1-3H3,(H2,23,24,25). The Labute approximate surface area is 164 Å². The molecule has 0 heterocycles. The van der Waals surface area contributed by atoms with Gasteiger partial charge in [-0.15, -0.1) is 0 Å². The molecular formula is C20H25F2N3O2S. The average Bonchev–Trinajstić information content (AvgIpc) is 2.63. The predicted octanol–water partition coefficient (Wildman–Crippen LogP) is 3.23. The first-order chi connectivity index (χ1) is 13.2. The number of rotatable bonds is 7. The van der Waals surface area contributed by atoms with Crippen molar-refractivity contribution in [1.29, 1.82) is 0 Å². The van der Waals surface area contributed by atoms with Gasteiger partial charge in [-0.2, -0.15) is 0 Å². The Kier molecular flexibility index (Phi) is 7.51. The van der Waals surface area contributed by atoms with Gasteiger partial charge in [0.2, 0.25) is 0 Å². The van der Waals surface area contributed by atoms with Crippen LogP contribution in [0.5, 0.6) is 0 Å². The fourth-order valence-electron chi connectivity index (χ4n) is 2.59. The Bertz CT molecular complexity index is 929. The van der Waals surface area contributed by atoms with E-state index in [-0.39, 0.29) is 10.9 Å². The van der Waals surface area contributed by atoms with Crippen LogP contribution in [0.15, 0.2) is 52.4 Å². The molecular weight excluding hydrogens is 384 g/mol. The molecule has 1 atom stereocenters. The highest BCUT2D eigenvalue weighted by molar-refractivity contribution is 7.90. The summed E-state index contributed by atoms with van der Waals surface area (Å²) in [4.78, 5) is 4.78. The maximum absolute atomic E-state index is 13.4. The number of hydrogen-bond acceptors (Lipinski definition) is 3. The van der Waals surface area contributed by atoms with E-state index in [9.17, 15) is 17.2 Å². The second-order valence-electron chi connectivity index (χ2n) is 6.47. The summed E-state index contributed by atoms with van der Waals surface area (Å²) in [5.41, 5.74) is 1.58. The molecule has 0 saturated carbocycles. The van der Waals surface area contributed by atoms with E-state index < -0.39 is 21.5 Å². The van der Waals surface area contributed by atoms with Crippen molar-refractivity contribution in [2.45, 2.75) is 31.2 Å². The zero-order chi connectivity index (χ0) is 20.7. The predicted molar refractivity (Wildman–Crippen MR) is 107 cm³/mol. The van der Waals surface area contributed by atoms with Crippen molar-refractivity contribution in [3.05, 3.63) is 65.2 Å². The van der Waals surface area contributed by atoms with Gasteiger partial charge in [0.1, 0.15) is 0 Å². The summed E-state index contributed by atoms with van der Waals surface area (Å²) >= 11 is 0. The highest BCUT2D eigenvalue weighted by atomic mass is 32.2. The largest absolute Gasteiger partial charge is 0.357 e. The monoisotopic (exact) mass is 409 g/mol. The molecule has 0 aliphatic rings. The van der Waals surface area contributed by atoms with Crippen LogP contribution in [0.2, 0.25) is 0 Å². The maximum atomic E-state index is 13.4. The fraction of sp³-hybridized carbons (Fsp3) is 0.350. The van der Waals surface area contributed by atoms with Gasteiger partial charge in [-0.25, -0.2) is 17.2 Å². The molecule has 0 fully saturated rings. The lowest BCUT2D eigenvalue weighted by Gasteiger charge is -2.18. The van der Waals surface area contributed by atoms with Crippen molar-refractivity contribution in [2.75, 3.05) is 19.3 Å². The van der Waals surface area contributed by atoms with Crippen LogP contribution in [0.1, 0.15) is 31.0 Å². The molecule has 0 bridgehead atoms. The van der Waals surface area contributed by atoms with Crippen LogP contribution in [0, 0.1) is 11.6 Å². The van der Waals surface area contributed by atoms with Crippen molar-refractivity contribution < 1.29 is 17.2 Å². The van der Waals surface area contributed by atoms with Crippen molar-refractivity contribution in [2.24, 2.45) is 4.99 Å². The molecule has 0 saturated heterocycles. The van der Waals surface area contributed by atoms with Crippen LogP contribution in [-0.2, 0) is 16.3 Å². The lowest BCUT2D eigenvalue weighted by Crippen LogP contribution is -2.39. The van der Waals surface area contributed by atoms with E-state index in [1.54, 1.807) is 24.3 Å². The number of nitrogens with zero attached hydrogens (tertiary/aromatic N) is 1. The third-order valence-electron chi connectivity index (χ3n) is 4.16. The highest BCUT2D eigenvalue weighted by Gasteiger charge is 2.11. The number of halogens is 2. The second-order valence-corrected chi connectivity index (χ2v) is 8.48. The molecule has 2 aromatic rings. The molecule has 2 rings (SSSR count). The van der Waals surface area contributed by atoms with Gasteiger partial charge >= 0.3 is 0 Å². The number of sulfone groups is 1. The zero-order valence-electron chi connectivity index (χ0n) is 16.2. The summed E-state index contributed by atoms with van der Waals surface area (Å²) in [6.45, 7) is 4.91. The molecule has 0 aromatic heterocycles. The molecule has 152 valence electrons. The Morgan fingerprint density at radius 2 is 1.79 bits per heavy atom. The van der Waals surface area contributed by atoms with Gasteiger partial charge in [-0.3, -0.25) is 4.99 Å². The summed E-state index contributed by atoms with van der Waals surface area (Å²) in [5.74, 6) is -1.20. The molecule has 0 aliphatic heterocycles. The summed E-state index contributed by atoms with van der Waals surface area (Å²) in [6, 6.07) is 10.3. The molecule has 2 N–H and O–H groups in total. The lowest BCUT2D eigenvalue weighted by atomic mass is 10.1. The average molecular weight is 410 g/mol. The van der Waals surface area contributed by atoms with Crippen LogP contribution in [0.3, 0.4) is 0 Å². The van der Waals surface area contributed by atoms with Gasteiger partial charge in [-0.05, 0) is 55.7 Å². The Hall–Kier alpha value is -2.48. The number of aliphatic imine (C=N–C) groups is 1. The van der Waals surface area contributed by atoms with Gasteiger partial charge in [0.15, 0.2) is 27.4 Å². The van der Waals surface area contributed by atoms with E-state index in [0.29, 0.717) is 31.0 Å². The van der Waals surface area contributed by atoms with Gasteiger partial charge in [0.25, 0.3) is 0 Å². The van der Waals surface area contributed by atoms with Gasteiger partial charge < -0.3 is 10.6 Å². The van der Waals surface area contributed by atoms with Gasteiger partial charge in [0, 0.05) is 19.3 Å². The third-order valence-corrected chi connectivity index (χ3v) is 5.29. The van der Waals surface area contributed by atoms with E-state index in [2.05, 4.69) is 15.6 Å². The van der Waals surface area contributed by atoms with E-state index in [1.165, 1.54) is 18.4 Å². The topological polar surface area (TPSA) is 70.6 Å². The molecule has 28 heavy (non-hydrogen) atoms. The minimum atomic E-state index is -3.20. The van der Waals surface area contributed by atoms with Crippen molar-refractivity contribution in [1.82, 2.24) is 10.6 Å². The van der Waals surface area contributed by atoms with E-state index in [1.807, 2.05) is 13.8 Å². The first kappa shape index (κ1) is 21.8. The first-order valence-electron chi connectivity index (χ1n) is 8.99. The Balaban J connectivity index is 2.00. The van der Waals surface area contributed by atoms with Gasteiger partial charge in [-0.1, -0.05) is 18.2 Å². The van der Waals surface area contributed by atoms with Crippen LogP contribution in [0.4, 0.5) is 8.78 Å². The van der Waals surface area contributed by atoms with Crippen LogP contribution >= 0.6 is 0 Å². The van der Waals surface area contributed by atoms with E-state index in [0.717, 1.165) is 11.6 Å². The molecule has 2 aromatic carbocycles. The smallest absolute Gasteiger partial charge is 0.191 e. The number of hydrogen-bond donors (Lipinski definition) is 2. The summed E-state index contributed by atoms with van der Waals surface area (Å²) in [6.07, 6.45) is 1.81. The minimum Gasteiger partial charge on any atom is -0.357 e. The van der Waals surface area contributed by atoms with Crippen LogP contribution in [-0.4, -0.2) is 33.7 Å². The quantitative estimate of drug-likeness (QED) is 0.544. The van der Waals surface area contributed by atoms with Gasteiger partial charge in [0.05, 0.1) is 10.9 Å². The Morgan fingerprint density at radius 1 is 1.11 bits per heavy atom. The van der Waals surface area contributed by atoms with Crippen molar-refractivity contribution in [3.8, 4) is 0 Å². The summed E-state index contributed by atoms with van der Waals surface area (Å²) < 4.78 is 49.5. The number of nitrogens with one attached hydrogen (secondary N) is 2. The fourth-order valence-corrected chi connectivity index (χ4v) is 3.22. The Morgan fingerprint density at radius 3 is 2.36 bits per heavy atom. The lowest BCUT2D eigenvalue weighted by molar-refractivity contribution is 0.504. The first-order valence-corrected chi connectivity index (χ1v) is 10.9. The van der Waals surface area contributed by atoms with Crippen molar-refractivity contribution >= 4 is 15.8 Å². The molecule has 5 nitrogen and oxygen atoms in total. The molecule has 0 amide bonds. The van der Waals surface area contributed by atoms with Crippen LogP contribution < -0.4 is 10.6 Å². The molecule has 0 spiro atoms. The normalized spacial score (nSPS) is 13.2. The summed E-state index contributed by atoms with van der Waals surface area (Å²) in [7, 11) is -3.20. The number of benzene rings is 2. The maximum Gasteiger partial charge on any atom is 0.191 e. The number of guanidine groups is 1. The minimum absolute atomic E-state index is 0.262. The highest BCUT2D eigenvalue weighted by Crippen LogP contribution is 2.16. The SMILES string of the molecule is CCNC(=NCCc1ccc(S(C)(=O)=O)cc1)NC(C)c1ccc(F)c(F)c1. The van der Waals surface area contributed by atoms with Crippen molar-refractivity contribution in [3.63, 3.8) is 0 Å². The summed E-state index contributed by atoms with van der Waals surface area (Å²) in [5, 5.41) is 6.28. The molecule has 0 radical (unpaired) electrons. The molecule has 8 heteroatoms.